The summed E-state index contributed by atoms with van der Waals surface area (Å²) in [6.45, 7) is 3.41. The van der Waals surface area contributed by atoms with E-state index in [9.17, 15) is 14.4 Å². The van der Waals surface area contributed by atoms with Crippen molar-refractivity contribution in [3.63, 3.8) is 0 Å². The molecule has 0 bridgehead atoms. The molecule has 4 aromatic rings. The van der Waals surface area contributed by atoms with Gasteiger partial charge in [0.1, 0.15) is 5.69 Å². The Morgan fingerprint density at radius 2 is 1.54 bits per heavy atom. The Hall–Kier alpha value is -3.61. The Morgan fingerprint density at radius 1 is 0.943 bits per heavy atom. The van der Waals surface area contributed by atoms with Gasteiger partial charge in [-0.15, -0.1) is 0 Å². The van der Waals surface area contributed by atoms with Gasteiger partial charge in [-0.05, 0) is 49.1 Å². The highest BCUT2D eigenvalue weighted by atomic mass is 35.5. The molecule has 0 aliphatic heterocycles. The average molecular weight is 509 g/mol. The average Bonchev–Trinajstić information content (AvgIpc) is 2.81. The minimum atomic E-state index is -1.16. The van der Waals surface area contributed by atoms with Crippen molar-refractivity contribution >= 4 is 51.5 Å². The third kappa shape index (κ3) is 5.09. The molecule has 0 spiro atoms. The standard InChI is InChI=1S/C27H22Cl2N2O4/c1-15-8-10-17(11-9-15)23-21-6-4-5-7-22(21)26(33)31(3)24(23)27(34)35-16(2)25(32)30-20-13-18(28)12-19(29)14-20/h4-14,16H,1-3H3,(H,30,32). The molecule has 35 heavy (non-hydrogen) atoms. The second-order valence-electron chi connectivity index (χ2n) is 8.19. The number of ether oxygens (including phenoxy) is 1. The number of carbonyl (C=O) groups excluding carboxylic acids is 2. The van der Waals surface area contributed by atoms with Crippen LogP contribution in [0.15, 0.2) is 71.5 Å². The van der Waals surface area contributed by atoms with Crippen LogP contribution in [0.5, 0.6) is 0 Å². The van der Waals surface area contributed by atoms with E-state index in [4.69, 9.17) is 27.9 Å². The molecule has 1 atom stereocenters. The Kier molecular flexibility index (Phi) is 6.96. The zero-order chi connectivity index (χ0) is 25.3. The molecule has 0 aliphatic rings. The maximum Gasteiger partial charge on any atom is 0.356 e. The summed E-state index contributed by atoms with van der Waals surface area (Å²) in [5.74, 6) is -1.36. The molecule has 0 saturated carbocycles. The van der Waals surface area contributed by atoms with E-state index in [-0.39, 0.29) is 11.3 Å². The van der Waals surface area contributed by atoms with Crippen molar-refractivity contribution in [2.75, 3.05) is 5.32 Å². The first-order valence-electron chi connectivity index (χ1n) is 10.8. The number of carbonyl (C=O) groups is 2. The molecule has 0 radical (unpaired) electrons. The number of hydrogen-bond acceptors (Lipinski definition) is 4. The molecule has 0 aliphatic carbocycles. The predicted molar refractivity (Wildman–Crippen MR) is 139 cm³/mol. The largest absolute Gasteiger partial charge is 0.448 e. The van der Waals surface area contributed by atoms with E-state index in [1.54, 1.807) is 24.3 Å². The summed E-state index contributed by atoms with van der Waals surface area (Å²) in [5.41, 5.74) is 2.45. The van der Waals surface area contributed by atoms with Crippen LogP contribution < -0.4 is 10.9 Å². The molecule has 8 heteroatoms. The highest BCUT2D eigenvalue weighted by Gasteiger charge is 2.26. The van der Waals surface area contributed by atoms with Crippen molar-refractivity contribution in [1.29, 1.82) is 0 Å². The Balaban J connectivity index is 1.73. The molecule has 0 saturated heterocycles. The zero-order valence-corrected chi connectivity index (χ0v) is 20.8. The second kappa shape index (κ2) is 9.94. The van der Waals surface area contributed by atoms with Crippen LogP contribution in [0.3, 0.4) is 0 Å². The quantitative estimate of drug-likeness (QED) is 0.335. The number of anilines is 1. The molecule has 1 N–H and O–H groups in total. The lowest BCUT2D eigenvalue weighted by atomic mass is 9.96. The Morgan fingerprint density at radius 3 is 2.17 bits per heavy atom. The summed E-state index contributed by atoms with van der Waals surface area (Å²) in [6.07, 6.45) is -1.16. The molecule has 1 aromatic heterocycles. The summed E-state index contributed by atoms with van der Waals surface area (Å²) in [7, 11) is 1.52. The van der Waals surface area contributed by atoms with Gasteiger partial charge in [-0.25, -0.2) is 4.79 Å². The number of aryl methyl sites for hydroxylation is 1. The number of amides is 1. The zero-order valence-electron chi connectivity index (χ0n) is 19.3. The van der Waals surface area contributed by atoms with Gasteiger partial charge in [-0.1, -0.05) is 71.2 Å². The van der Waals surface area contributed by atoms with Crippen molar-refractivity contribution in [3.8, 4) is 11.1 Å². The number of rotatable bonds is 5. The molecule has 1 amide bonds. The second-order valence-corrected chi connectivity index (χ2v) is 9.07. The van der Waals surface area contributed by atoms with Gasteiger partial charge in [-0.3, -0.25) is 9.59 Å². The molecule has 1 heterocycles. The third-order valence-corrected chi connectivity index (χ3v) is 6.06. The summed E-state index contributed by atoms with van der Waals surface area (Å²) in [5, 5.41) is 4.44. The van der Waals surface area contributed by atoms with Crippen molar-refractivity contribution in [2.45, 2.75) is 20.0 Å². The molecule has 3 aromatic carbocycles. The summed E-state index contributed by atoms with van der Waals surface area (Å²) in [4.78, 5) is 39.2. The van der Waals surface area contributed by atoms with E-state index in [0.717, 1.165) is 11.1 Å². The third-order valence-electron chi connectivity index (χ3n) is 5.62. The van der Waals surface area contributed by atoms with Crippen LogP contribution in [0, 0.1) is 6.92 Å². The summed E-state index contributed by atoms with van der Waals surface area (Å²) < 4.78 is 6.79. The molecule has 178 valence electrons. The fraction of sp³-hybridized carbons (Fsp3) is 0.148. The molecule has 4 rings (SSSR count). The van der Waals surface area contributed by atoms with E-state index in [1.807, 2.05) is 31.2 Å². The number of esters is 1. The van der Waals surface area contributed by atoms with E-state index >= 15 is 0 Å². The number of hydrogen-bond donors (Lipinski definition) is 1. The molecule has 1 unspecified atom stereocenters. The smallest absolute Gasteiger partial charge is 0.356 e. The van der Waals surface area contributed by atoms with Crippen LogP contribution in [0.2, 0.25) is 10.0 Å². The summed E-state index contributed by atoms with van der Waals surface area (Å²) in [6, 6.07) is 19.3. The van der Waals surface area contributed by atoms with Crippen molar-refractivity contribution < 1.29 is 14.3 Å². The molecular weight excluding hydrogens is 487 g/mol. The normalized spacial score (nSPS) is 11.8. The van der Waals surface area contributed by atoms with Crippen LogP contribution in [0.4, 0.5) is 5.69 Å². The lowest BCUT2D eigenvalue weighted by Gasteiger charge is -2.19. The van der Waals surface area contributed by atoms with Gasteiger partial charge in [0, 0.05) is 33.7 Å². The fourth-order valence-electron chi connectivity index (χ4n) is 3.86. The number of aromatic nitrogens is 1. The number of pyridine rings is 1. The van der Waals surface area contributed by atoms with Crippen LogP contribution >= 0.6 is 23.2 Å². The van der Waals surface area contributed by atoms with Crippen LogP contribution in [-0.4, -0.2) is 22.5 Å². The van der Waals surface area contributed by atoms with E-state index in [2.05, 4.69) is 5.32 Å². The Labute approximate surface area is 212 Å². The van der Waals surface area contributed by atoms with Crippen LogP contribution in [-0.2, 0) is 16.6 Å². The van der Waals surface area contributed by atoms with Crippen LogP contribution in [0.25, 0.3) is 21.9 Å². The molecule has 6 nitrogen and oxygen atoms in total. The van der Waals surface area contributed by atoms with Gasteiger partial charge >= 0.3 is 5.97 Å². The first-order valence-corrected chi connectivity index (χ1v) is 11.6. The number of fused-ring (bicyclic) bond motifs is 1. The van der Waals surface area contributed by atoms with E-state index in [1.165, 1.54) is 36.7 Å². The molecule has 0 fully saturated rings. The lowest BCUT2D eigenvalue weighted by Crippen LogP contribution is -2.32. The fourth-order valence-corrected chi connectivity index (χ4v) is 4.38. The van der Waals surface area contributed by atoms with Crippen LogP contribution in [0.1, 0.15) is 23.0 Å². The van der Waals surface area contributed by atoms with Gasteiger partial charge in [0.05, 0.1) is 0 Å². The van der Waals surface area contributed by atoms with Crippen molar-refractivity contribution in [3.05, 3.63) is 98.4 Å². The first-order chi connectivity index (χ1) is 16.7. The Bertz CT molecular complexity index is 1490. The predicted octanol–water partition coefficient (Wildman–Crippen LogP) is 6.00. The minimum Gasteiger partial charge on any atom is -0.448 e. The first kappa shape index (κ1) is 24.5. The summed E-state index contributed by atoms with van der Waals surface area (Å²) >= 11 is 12.0. The van der Waals surface area contributed by atoms with E-state index in [0.29, 0.717) is 32.1 Å². The number of halogens is 2. The topological polar surface area (TPSA) is 77.4 Å². The number of nitrogens with one attached hydrogen (secondary N) is 1. The van der Waals surface area contributed by atoms with E-state index < -0.39 is 18.0 Å². The molecular formula is C27H22Cl2N2O4. The highest BCUT2D eigenvalue weighted by molar-refractivity contribution is 6.35. The van der Waals surface area contributed by atoms with Crippen molar-refractivity contribution in [2.24, 2.45) is 7.05 Å². The monoisotopic (exact) mass is 508 g/mol. The lowest BCUT2D eigenvalue weighted by molar-refractivity contribution is -0.123. The van der Waals surface area contributed by atoms with Crippen molar-refractivity contribution in [1.82, 2.24) is 4.57 Å². The van der Waals surface area contributed by atoms with Gasteiger partial charge < -0.3 is 14.6 Å². The van der Waals surface area contributed by atoms with Gasteiger partial charge in [0.25, 0.3) is 11.5 Å². The minimum absolute atomic E-state index is 0.0583. The highest BCUT2D eigenvalue weighted by Crippen LogP contribution is 2.31. The SMILES string of the molecule is Cc1ccc(-c2c(C(=O)OC(C)C(=O)Nc3cc(Cl)cc(Cl)c3)n(C)c(=O)c3ccccc23)cc1. The number of nitrogens with zero attached hydrogens (tertiary/aromatic N) is 1. The van der Waals surface area contributed by atoms with Gasteiger partial charge in [-0.2, -0.15) is 0 Å². The maximum absolute atomic E-state index is 13.4. The number of benzene rings is 3. The van der Waals surface area contributed by atoms with Gasteiger partial charge in [0.15, 0.2) is 6.10 Å². The van der Waals surface area contributed by atoms with Gasteiger partial charge in [0.2, 0.25) is 0 Å². The maximum atomic E-state index is 13.4.